The number of aliphatic carboxylic acids is 1. The van der Waals surface area contributed by atoms with E-state index >= 15 is 0 Å². The largest absolute Gasteiger partial charge is 0.494 e. The summed E-state index contributed by atoms with van der Waals surface area (Å²) in [6.07, 6.45) is 1.32. The summed E-state index contributed by atoms with van der Waals surface area (Å²) in [7, 11) is 0. The molecule has 0 radical (unpaired) electrons. The minimum absolute atomic E-state index is 0.0655. The number of rotatable bonds is 7. The van der Waals surface area contributed by atoms with Crippen molar-refractivity contribution in [3.63, 3.8) is 0 Å². The van der Waals surface area contributed by atoms with E-state index in [9.17, 15) is 19.5 Å². The lowest BCUT2D eigenvalue weighted by molar-refractivity contribution is -0.145. The molecule has 7 nitrogen and oxygen atoms in total. The third kappa shape index (κ3) is 5.21. The van der Waals surface area contributed by atoms with Gasteiger partial charge in [0.1, 0.15) is 5.75 Å². The molecule has 0 aliphatic carbocycles. The summed E-state index contributed by atoms with van der Waals surface area (Å²) in [5, 5.41) is 12.0. The number of carbonyl (C=O) groups is 3. The van der Waals surface area contributed by atoms with Gasteiger partial charge in [-0.1, -0.05) is 18.2 Å². The monoisotopic (exact) mass is 362 g/mol. The fourth-order valence-corrected chi connectivity index (χ4v) is 3.25. The molecule has 1 saturated heterocycles. The van der Waals surface area contributed by atoms with Gasteiger partial charge >= 0.3 is 5.97 Å². The van der Waals surface area contributed by atoms with Gasteiger partial charge in [-0.3, -0.25) is 14.4 Å². The van der Waals surface area contributed by atoms with Gasteiger partial charge in [-0.05, 0) is 25.8 Å². The van der Waals surface area contributed by atoms with Crippen molar-refractivity contribution in [3.8, 4) is 5.75 Å². The van der Waals surface area contributed by atoms with Crippen LogP contribution in [0.3, 0.4) is 0 Å². The Morgan fingerprint density at radius 2 is 2.08 bits per heavy atom. The number of ether oxygens (including phenoxy) is 1. The second kappa shape index (κ2) is 9.22. The van der Waals surface area contributed by atoms with E-state index in [0.29, 0.717) is 31.7 Å². The zero-order chi connectivity index (χ0) is 19.1. The predicted octanol–water partition coefficient (Wildman–Crippen LogP) is 1.98. The van der Waals surface area contributed by atoms with Crippen LogP contribution in [0.5, 0.6) is 5.75 Å². The molecule has 0 aromatic heterocycles. The molecule has 1 aliphatic rings. The molecule has 1 heterocycles. The lowest BCUT2D eigenvalue weighted by Crippen LogP contribution is -2.43. The van der Waals surface area contributed by atoms with Crippen molar-refractivity contribution in [3.05, 3.63) is 29.8 Å². The first kappa shape index (κ1) is 19.8. The number of likely N-dealkylation sites (tertiary alicyclic amines) is 1. The zero-order valence-electron chi connectivity index (χ0n) is 15.2. The molecule has 0 saturated carbocycles. The average molecular weight is 362 g/mol. The smallest absolute Gasteiger partial charge is 0.308 e. The summed E-state index contributed by atoms with van der Waals surface area (Å²) in [6.45, 7) is 4.51. The topological polar surface area (TPSA) is 95.9 Å². The van der Waals surface area contributed by atoms with E-state index in [1.165, 1.54) is 6.92 Å². The Labute approximate surface area is 153 Å². The van der Waals surface area contributed by atoms with E-state index in [4.69, 9.17) is 4.74 Å². The summed E-state index contributed by atoms with van der Waals surface area (Å²) < 4.78 is 5.62. The first-order chi connectivity index (χ1) is 12.4. The fourth-order valence-electron chi connectivity index (χ4n) is 3.25. The molecular weight excluding hydrogens is 336 g/mol. The van der Waals surface area contributed by atoms with E-state index < -0.39 is 17.9 Å². The normalized spacial score (nSPS) is 18.1. The minimum Gasteiger partial charge on any atom is -0.494 e. The highest BCUT2D eigenvalue weighted by Crippen LogP contribution is 2.29. The first-order valence-electron chi connectivity index (χ1n) is 8.91. The fraction of sp³-hybridized carbons (Fsp3) is 0.526. The van der Waals surface area contributed by atoms with E-state index in [1.54, 1.807) is 11.0 Å². The van der Waals surface area contributed by atoms with Gasteiger partial charge in [0.25, 0.3) is 0 Å². The number of para-hydroxylation sites is 1. The van der Waals surface area contributed by atoms with Crippen molar-refractivity contribution in [1.82, 2.24) is 10.2 Å². The number of carbonyl (C=O) groups excluding carboxylic acids is 2. The van der Waals surface area contributed by atoms with Crippen LogP contribution < -0.4 is 10.1 Å². The molecule has 1 fully saturated rings. The Morgan fingerprint density at radius 3 is 2.73 bits per heavy atom. The van der Waals surface area contributed by atoms with Crippen molar-refractivity contribution in [2.24, 2.45) is 5.92 Å². The summed E-state index contributed by atoms with van der Waals surface area (Å²) in [6, 6.07) is 6.78. The van der Waals surface area contributed by atoms with Crippen LogP contribution in [0.1, 0.15) is 44.7 Å². The van der Waals surface area contributed by atoms with E-state index in [2.05, 4.69) is 5.32 Å². The molecule has 0 spiro atoms. The molecule has 2 amide bonds. The molecule has 26 heavy (non-hydrogen) atoms. The quantitative estimate of drug-likeness (QED) is 0.773. The van der Waals surface area contributed by atoms with Gasteiger partial charge in [0.15, 0.2) is 0 Å². The Bertz CT molecular complexity index is 661. The van der Waals surface area contributed by atoms with Crippen LogP contribution in [0.2, 0.25) is 0 Å². The number of benzene rings is 1. The molecule has 2 rings (SSSR count). The Morgan fingerprint density at radius 1 is 1.35 bits per heavy atom. The number of amides is 2. The summed E-state index contributed by atoms with van der Waals surface area (Å²) in [4.78, 5) is 37.2. The maximum atomic E-state index is 12.7. The number of nitrogens with zero attached hydrogens (tertiary/aromatic N) is 1. The van der Waals surface area contributed by atoms with Gasteiger partial charge < -0.3 is 20.1 Å². The van der Waals surface area contributed by atoms with E-state index in [0.717, 1.165) is 5.56 Å². The van der Waals surface area contributed by atoms with Gasteiger partial charge in [0.2, 0.25) is 11.8 Å². The molecule has 1 aromatic carbocycles. The average Bonchev–Trinajstić information content (AvgIpc) is 2.61. The number of piperidine rings is 1. The van der Waals surface area contributed by atoms with Gasteiger partial charge in [0, 0.05) is 25.6 Å². The molecule has 0 bridgehead atoms. The van der Waals surface area contributed by atoms with Crippen LogP contribution in [0.4, 0.5) is 0 Å². The Hall–Kier alpha value is -2.57. The molecule has 1 aromatic rings. The maximum absolute atomic E-state index is 12.7. The molecule has 2 atom stereocenters. The van der Waals surface area contributed by atoms with Crippen LogP contribution >= 0.6 is 0 Å². The number of hydrogen-bond acceptors (Lipinski definition) is 4. The summed E-state index contributed by atoms with van der Waals surface area (Å²) >= 11 is 0. The number of hydrogen-bond donors (Lipinski definition) is 2. The highest BCUT2D eigenvalue weighted by atomic mass is 16.5. The number of carboxylic acid groups (broad SMARTS) is 1. The second-order valence-corrected chi connectivity index (χ2v) is 6.45. The maximum Gasteiger partial charge on any atom is 0.308 e. The van der Waals surface area contributed by atoms with Gasteiger partial charge in [-0.15, -0.1) is 0 Å². The molecule has 142 valence electrons. The lowest BCUT2D eigenvalue weighted by atomic mass is 9.96. The van der Waals surface area contributed by atoms with Crippen molar-refractivity contribution < 1.29 is 24.2 Å². The molecule has 1 unspecified atom stereocenters. The number of carboxylic acids is 1. The van der Waals surface area contributed by atoms with Gasteiger partial charge in [-0.2, -0.15) is 0 Å². The van der Waals surface area contributed by atoms with Gasteiger partial charge in [-0.25, -0.2) is 0 Å². The SMILES string of the molecule is CCOc1ccccc1C(CC(=O)N1CCC[C@H](C(=O)O)C1)NC(C)=O. The predicted molar refractivity (Wildman–Crippen MR) is 95.7 cm³/mol. The zero-order valence-corrected chi connectivity index (χ0v) is 15.2. The van der Waals surface area contributed by atoms with Crippen LogP contribution in [-0.2, 0) is 14.4 Å². The van der Waals surface area contributed by atoms with Gasteiger partial charge in [0.05, 0.1) is 25.0 Å². The highest BCUT2D eigenvalue weighted by molar-refractivity contribution is 5.80. The highest BCUT2D eigenvalue weighted by Gasteiger charge is 2.30. The third-order valence-electron chi connectivity index (χ3n) is 4.47. The molecule has 7 heteroatoms. The minimum atomic E-state index is -0.873. The molecule has 1 aliphatic heterocycles. The van der Waals surface area contributed by atoms with Crippen molar-refractivity contribution in [2.45, 2.75) is 39.2 Å². The van der Waals surface area contributed by atoms with Crippen LogP contribution in [0, 0.1) is 5.92 Å². The molecular formula is C19H26N2O5. The van der Waals surface area contributed by atoms with Crippen molar-refractivity contribution >= 4 is 17.8 Å². The first-order valence-corrected chi connectivity index (χ1v) is 8.91. The van der Waals surface area contributed by atoms with E-state index in [-0.39, 0.29) is 24.8 Å². The standard InChI is InChI=1S/C19H26N2O5/c1-3-26-17-9-5-4-8-15(17)16(20-13(2)22)11-18(23)21-10-6-7-14(12-21)19(24)25/h4-5,8-9,14,16H,3,6-7,10-12H2,1-2H3,(H,20,22)(H,24,25)/t14-,16?/m0/s1. The van der Waals surface area contributed by atoms with Crippen LogP contribution in [0.25, 0.3) is 0 Å². The Kier molecular flexibility index (Phi) is 7.00. The van der Waals surface area contributed by atoms with Crippen LogP contribution in [-0.4, -0.2) is 47.5 Å². The van der Waals surface area contributed by atoms with Crippen molar-refractivity contribution in [1.29, 1.82) is 0 Å². The Balaban J connectivity index is 2.16. The lowest BCUT2D eigenvalue weighted by Gasteiger charge is -2.32. The summed E-state index contributed by atoms with van der Waals surface area (Å²) in [5.41, 5.74) is 0.740. The van der Waals surface area contributed by atoms with E-state index in [1.807, 2.05) is 25.1 Å². The molecule has 2 N–H and O–H groups in total. The summed E-state index contributed by atoms with van der Waals surface area (Å²) in [5.74, 6) is -1.18. The van der Waals surface area contributed by atoms with Crippen LogP contribution in [0.15, 0.2) is 24.3 Å². The second-order valence-electron chi connectivity index (χ2n) is 6.45. The van der Waals surface area contributed by atoms with Crippen molar-refractivity contribution in [2.75, 3.05) is 19.7 Å². The third-order valence-corrected chi connectivity index (χ3v) is 4.47. The number of nitrogens with one attached hydrogen (secondary N) is 1.